The fourth-order valence-electron chi connectivity index (χ4n) is 2.55. The number of carbonyl (C=O) groups is 1. The minimum absolute atomic E-state index is 0.0730. The zero-order valence-corrected chi connectivity index (χ0v) is 16.3. The Hall–Kier alpha value is -1.89. The van der Waals surface area contributed by atoms with Crippen LogP contribution in [0.2, 0.25) is 5.02 Å². The lowest BCUT2D eigenvalue weighted by Crippen LogP contribution is -2.34. The lowest BCUT2D eigenvalue weighted by atomic mass is 10.1. The van der Waals surface area contributed by atoms with Crippen LogP contribution in [0.5, 0.6) is 0 Å². The number of halogens is 1. The maximum atomic E-state index is 12.1. The summed E-state index contributed by atoms with van der Waals surface area (Å²) in [5, 5.41) is 3.15. The predicted octanol–water partition coefficient (Wildman–Crippen LogP) is 3.56. The molecule has 5 nitrogen and oxygen atoms in total. The van der Waals surface area contributed by atoms with Crippen LogP contribution in [0.3, 0.4) is 0 Å². The number of para-hydroxylation sites is 1. The van der Waals surface area contributed by atoms with E-state index in [4.69, 9.17) is 11.6 Å². The maximum absolute atomic E-state index is 12.1. The van der Waals surface area contributed by atoms with Gasteiger partial charge in [0.1, 0.15) is 0 Å². The highest BCUT2D eigenvalue weighted by Gasteiger charge is 2.17. The molecule has 2 aromatic carbocycles. The summed E-state index contributed by atoms with van der Waals surface area (Å²) in [5.41, 5.74) is 1.69. The summed E-state index contributed by atoms with van der Waals surface area (Å²) >= 11 is 6.01. The van der Waals surface area contributed by atoms with Gasteiger partial charge in [0, 0.05) is 19.5 Å². The van der Waals surface area contributed by atoms with Gasteiger partial charge in [-0.25, -0.2) is 12.7 Å². The van der Waals surface area contributed by atoms with E-state index in [2.05, 4.69) is 5.32 Å². The molecule has 7 heteroatoms. The third kappa shape index (κ3) is 6.78. The topological polar surface area (TPSA) is 66.5 Å². The van der Waals surface area contributed by atoms with Crippen molar-refractivity contribution in [3.05, 3.63) is 65.2 Å². The van der Waals surface area contributed by atoms with Gasteiger partial charge in [0.25, 0.3) is 0 Å². The summed E-state index contributed by atoms with van der Waals surface area (Å²) in [6.07, 6.45) is 2.73. The van der Waals surface area contributed by atoms with E-state index in [0.717, 1.165) is 12.0 Å². The van der Waals surface area contributed by atoms with Gasteiger partial charge in [-0.05, 0) is 30.5 Å². The van der Waals surface area contributed by atoms with Crippen molar-refractivity contribution in [1.82, 2.24) is 4.31 Å². The molecule has 0 saturated heterocycles. The molecule has 0 spiro atoms. The lowest BCUT2D eigenvalue weighted by molar-refractivity contribution is -0.116. The average Bonchev–Trinajstić information content (AvgIpc) is 2.60. The number of hydrogen-bond donors (Lipinski definition) is 1. The number of carbonyl (C=O) groups excluding carboxylic acids is 1. The van der Waals surface area contributed by atoms with E-state index >= 15 is 0 Å². The zero-order chi connectivity index (χ0) is 19.0. The Balaban J connectivity index is 1.85. The summed E-state index contributed by atoms with van der Waals surface area (Å²) in [6, 6.07) is 16.8. The van der Waals surface area contributed by atoms with Gasteiger partial charge < -0.3 is 5.32 Å². The molecule has 2 rings (SSSR count). The molecule has 0 aliphatic carbocycles. The lowest BCUT2D eigenvalue weighted by Gasteiger charge is -2.19. The normalized spacial score (nSPS) is 11.5. The quantitative estimate of drug-likeness (QED) is 0.707. The molecule has 0 unspecified atom stereocenters. The molecule has 2 aromatic rings. The van der Waals surface area contributed by atoms with E-state index in [0.29, 0.717) is 23.7 Å². The summed E-state index contributed by atoms with van der Waals surface area (Å²) in [5.74, 6) is -0.269. The Kier molecular flexibility index (Phi) is 7.63. The summed E-state index contributed by atoms with van der Waals surface area (Å²) < 4.78 is 25.3. The van der Waals surface area contributed by atoms with Crippen molar-refractivity contribution in [2.45, 2.75) is 19.3 Å². The number of anilines is 1. The smallest absolute Gasteiger partial charge is 0.225 e. The number of amides is 1. The standard InChI is InChI=1S/C19H23ClN2O3S/c1-26(24,25)22(14-7-10-16-8-3-2-4-9-16)15-13-19(23)21-18-12-6-5-11-17(18)20/h2-6,8-9,11-12H,7,10,13-15H2,1H3,(H,21,23). The molecule has 140 valence electrons. The maximum Gasteiger partial charge on any atom is 0.225 e. The molecule has 0 bridgehead atoms. The SMILES string of the molecule is CS(=O)(=O)N(CCCc1ccccc1)CCC(=O)Nc1ccccc1Cl. The van der Waals surface area contributed by atoms with Crippen LogP contribution in [-0.2, 0) is 21.2 Å². The summed E-state index contributed by atoms with van der Waals surface area (Å²) in [7, 11) is -3.37. The van der Waals surface area contributed by atoms with Crippen molar-refractivity contribution in [2.75, 3.05) is 24.7 Å². The van der Waals surface area contributed by atoms with Gasteiger partial charge in [-0.3, -0.25) is 4.79 Å². The third-order valence-corrected chi connectivity index (χ3v) is 5.55. The molecule has 0 aliphatic rings. The molecule has 0 heterocycles. The predicted molar refractivity (Wildman–Crippen MR) is 106 cm³/mol. The third-order valence-electron chi connectivity index (χ3n) is 3.92. The number of aryl methyl sites for hydroxylation is 1. The van der Waals surface area contributed by atoms with Gasteiger partial charge >= 0.3 is 0 Å². The van der Waals surface area contributed by atoms with Crippen molar-refractivity contribution in [1.29, 1.82) is 0 Å². The number of benzene rings is 2. The molecule has 0 aliphatic heterocycles. The monoisotopic (exact) mass is 394 g/mol. The number of rotatable bonds is 9. The molecule has 0 radical (unpaired) electrons. The molecule has 0 aromatic heterocycles. The van der Waals surface area contributed by atoms with Crippen LogP contribution in [0.1, 0.15) is 18.4 Å². The van der Waals surface area contributed by atoms with E-state index in [9.17, 15) is 13.2 Å². The molecular formula is C19H23ClN2O3S. The summed E-state index contributed by atoms with van der Waals surface area (Å²) in [4.78, 5) is 12.1. The number of hydrogen-bond acceptors (Lipinski definition) is 3. The molecular weight excluding hydrogens is 372 g/mol. The van der Waals surface area contributed by atoms with Gasteiger partial charge in [-0.1, -0.05) is 54.1 Å². The number of sulfonamides is 1. The Morgan fingerprint density at radius 1 is 1.04 bits per heavy atom. The zero-order valence-electron chi connectivity index (χ0n) is 14.7. The second-order valence-corrected chi connectivity index (χ2v) is 8.42. The Bertz CT molecular complexity index is 826. The highest BCUT2D eigenvalue weighted by atomic mass is 35.5. The van der Waals surface area contributed by atoms with Gasteiger partial charge in [0.05, 0.1) is 17.0 Å². The molecule has 0 atom stereocenters. The van der Waals surface area contributed by atoms with E-state index < -0.39 is 10.0 Å². The van der Waals surface area contributed by atoms with Gasteiger partial charge in [0.2, 0.25) is 15.9 Å². The minimum atomic E-state index is -3.37. The molecule has 1 amide bonds. The van der Waals surface area contributed by atoms with Gasteiger partial charge in [-0.15, -0.1) is 0 Å². The number of nitrogens with zero attached hydrogens (tertiary/aromatic N) is 1. The van der Waals surface area contributed by atoms with Gasteiger partial charge in [-0.2, -0.15) is 0 Å². The summed E-state index contributed by atoms with van der Waals surface area (Å²) in [6.45, 7) is 0.525. The largest absolute Gasteiger partial charge is 0.325 e. The molecule has 1 N–H and O–H groups in total. The fraction of sp³-hybridized carbons (Fsp3) is 0.316. The first-order chi connectivity index (χ1) is 12.4. The average molecular weight is 395 g/mol. The van der Waals surface area contributed by atoms with E-state index in [1.54, 1.807) is 24.3 Å². The number of nitrogens with one attached hydrogen (secondary N) is 1. The second-order valence-electron chi connectivity index (χ2n) is 6.03. The van der Waals surface area contributed by atoms with E-state index in [1.165, 1.54) is 10.6 Å². The van der Waals surface area contributed by atoms with Crippen LogP contribution in [0.4, 0.5) is 5.69 Å². The van der Waals surface area contributed by atoms with Crippen molar-refractivity contribution in [3.8, 4) is 0 Å². The van der Waals surface area contributed by atoms with Crippen molar-refractivity contribution < 1.29 is 13.2 Å². The minimum Gasteiger partial charge on any atom is -0.325 e. The van der Waals surface area contributed by atoms with E-state index in [-0.39, 0.29) is 18.9 Å². The second kappa shape index (κ2) is 9.71. The van der Waals surface area contributed by atoms with Gasteiger partial charge in [0.15, 0.2) is 0 Å². The van der Waals surface area contributed by atoms with E-state index in [1.807, 2.05) is 30.3 Å². The van der Waals surface area contributed by atoms with Crippen LogP contribution in [-0.4, -0.2) is 38.0 Å². The van der Waals surface area contributed by atoms with Crippen molar-refractivity contribution >= 4 is 33.2 Å². The highest BCUT2D eigenvalue weighted by molar-refractivity contribution is 7.88. The van der Waals surface area contributed by atoms with Crippen LogP contribution in [0.25, 0.3) is 0 Å². The Labute approximate surface area is 160 Å². The fourth-order valence-corrected chi connectivity index (χ4v) is 3.62. The van der Waals surface area contributed by atoms with Crippen LogP contribution >= 0.6 is 11.6 Å². The van der Waals surface area contributed by atoms with Crippen LogP contribution in [0.15, 0.2) is 54.6 Å². The molecule has 0 saturated carbocycles. The molecule has 0 fully saturated rings. The van der Waals surface area contributed by atoms with Crippen LogP contribution < -0.4 is 5.32 Å². The van der Waals surface area contributed by atoms with Crippen molar-refractivity contribution in [2.24, 2.45) is 0 Å². The Morgan fingerprint density at radius 3 is 2.35 bits per heavy atom. The first kappa shape index (κ1) is 20.4. The molecule has 26 heavy (non-hydrogen) atoms. The first-order valence-corrected chi connectivity index (χ1v) is 10.6. The first-order valence-electron chi connectivity index (χ1n) is 8.39. The van der Waals surface area contributed by atoms with Crippen molar-refractivity contribution in [3.63, 3.8) is 0 Å². The van der Waals surface area contributed by atoms with Crippen LogP contribution in [0, 0.1) is 0 Å². The Morgan fingerprint density at radius 2 is 1.69 bits per heavy atom. The highest BCUT2D eigenvalue weighted by Crippen LogP contribution is 2.20.